The minimum Gasteiger partial charge on any atom is -0.376 e. The van der Waals surface area contributed by atoms with E-state index in [2.05, 4.69) is 16.0 Å². The van der Waals surface area contributed by atoms with E-state index < -0.39 is 15.9 Å². The standard InChI is InChI=1S/C23H29ClN4O4S/c1-16-9-10-18(13-21(16)33(31,32)28-11-4-3-5-12-28)25-14-22(29)26-15-23(30)27-20-8-6-7-19(24)17(20)2/h6-10,13,25H,3-5,11-12,14-15H2,1-2H3,(H,26,29)(H,27,30). The third-order valence-electron chi connectivity index (χ3n) is 5.56. The molecular weight excluding hydrogens is 464 g/mol. The van der Waals surface area contributed by atoms with Crippen molar-refractivity contribution >= 4 is 44.8 Å². The molecule has 0 unspecified atom stereocenters. The Morgan fingerprint density at radius 1 is 1.00 bits per heavy atom. The van der Waals surface area contributed by atoms with Crippen molar-refractivity contribution in [1.82, 2.24) is 9.62 Å². The van der Waals surface area contributed by atoms with Crippen molar-refractivity contribution in [3.05, 3.63) is 52.5 Å². The van der Waals surface area contributed by atoms with E-state index in [0.29, 0.717) is 35.1 Å². The lowest BCUT2D eigenvalue weighted by atomic mass is 10.2. The molecular formula is C23H29ClN4O4S. The fraction of sp³-hybridized carbons (Fsp3) is 0.391. The van der Waals surface area contributed by atoms with E-state index in [1.165, 1.54) is 4.31 Å². The molecule has 0 radical (unpaired) electrons. The Kier molecular flexibility index (Phi) is 8.34. The molecule has 178 valence electrons. The number of sulfonamides is 1. The van der Waals surface area contributed by atoms with Crippen LogP contribution in [-0.2, 0) is 19.6 Å². The first-order chi connectivity index (χ1) is 15.7. The van der Waals surface area contributed by atoms with E-state index in [9.17, 15) is 18.0 Å². The molecule has 1 saturated heterocycles. The van der Waals surface area contributed by atoms with Crippen molar-refractivity contribution < 1.29 is 18.0 Å². The number of halogens is 1. The third kappa shape index (κ3) is 6.46. The van der Waals surface area contributed by atoms with Crippen LogP contribution in [0.3, 0.4) is 0 Å². The van der Waals surface area contributed by atoms with Crippen LogP contribution in [-0.4, -0.2) is 50.7 Å². The van der Waals surface area contributed by atoms with E-state index in [1.54, 1.807) is 50.2 Å². The average Bonchev–Trinajstić information content (AvgIpc) is 2.80. The molecule has 33 heavy (non-hydrogen) atoms. The molecule has 0 bridgehead atoms. The number of aryl methyl sites for hydroxylation is 1. The van der Waals surface area contributed by atoms with Crippen molar-refractivity contribution in [1.29, 1.82) is 0 Å². The van der Waals surface area contributed by atoms with Crippen LogP contribution < -0.4 is 16.0 Å². The van der Waals surface area contributed by atoms with E-state index in [-0.39, 0.29) is 23.9 Å². The van der Waals surface area contributed by atoms with Crippen LogP contribution >= 0.6 is 11.6 Å². The molecule has 2 aromatic carbocycles. The molecule has 1 heterocycles. The maximum absolute atomic E-state index is 13.0. The molecule has 1 aliphatic rings. The number of nitrogens with zero attached hydrogens (tertiary/aromatic N) is 1. The average molecular weight is 493 g/mol. The summed E-state index contributed by atoms with van der Waals surface area (Å²) in [6, 6.07) is 10.2. The maximum atomic E-state index is 13.0. The molecule has 0 aliphatic carbocycles. The molecule has 1 aliphatic heterocycles. The summed E-state index contributed by atoms with van der Waals surface area (Å²) < 4.78 is 27.6. The lowest BCUT2D eigenvalue weighted by Crippen LogP contribution is -2.36. The van der Waals surface area contributed by atoms with Gasteiger partial charge in [-0.25, -0.2) is 8.42 Å². The first-order valence-electron chi connectivity index (χ1n) is 10.8. The maximum Gasteiger partial charge on any atom is 0.243 e. The Labute approximate surface area is 199 Å². The highest BCUT2D eigenvalue weighted by atomic mass is 35.5. The second-order valence-electron chi connectivity index (χ2n) is 8.04. The highest BCUT2D eigenvalue weighted by molar-refractivity contribution is 7.89. The normalized spacial score (nSPS) is 14.5. The van der Waals surface area contributed by atoms with Crippen molar-refractivity contribution in [2.45, 2.75) is 38.0 Å². The second-order valence-corrected chi connectivity index (χ2v) is 10.3. The smallest absolute Gasteiger partial charge is 0.243 e. The number of piperidine rings is 1. The van der Waals surface area contributed by atoms with Gasteiger partial charge in [0, 0.05) is 29.5 Å². The topological polar surface area (TPSA) is 108 Å². The number of nitrogens with one attached hydrogen (secondary N) is 3. The van der Waals surface area contributed by atoms with Gasteiger partial charge in [0.1, 0.15) is 0 Å². The van der Waals surface area contributed by atoms with Gasteiger partial charge in [0.05, 0.1) is 18.0 Å². The fourth-order valence-corrected chi connectivity index (χ4v) is 5.54. The number of carbonyl (C=O) groups is 2. The van der Waals surface area contributed by atoms with Gasteiger partial charge < -0.3 is 16.0 Å². The summed E-state index contributed by atoms with van der Waals surface area (Å²) in [7, 11) is -3.58. The highest BCUT2D eigenvalue weighted by Crippen LogP contribution is 2.26. The van der Waals surface area contributed by atoms with Gasteiger partial charge in [-0.1, -0.05) is 30.2 Å². The van der Waals surface area contributed by atoms with E-state index >= 15 is 0 Å². The lowest BCUT2D eigenvalue weighted by Gasteiger charge is -2.26. The van der Waals surface area contributed by atoms with Crippen molar-refractivity contribution in [3.63, 3.8) is 0 Å². The summed E-state index contributed by atoms with van der Waals surface area (Å²) in [5.74, 6) is -0.770. The number of hydrogen-bond acceptors (Lipinski definition) is 5. The predicted molar refractivity (Wildman–Crippen MR) is 130 cm³/mol. The molecule has 0 spiro atoms. The minimum atomic E-state index is -3.58. The number of carbonyl (C=O) groups excluding carboxylic acids is 2. The van der Waals surface area contributed by atoms with E-state index in [0.717, 1.165) is 24.8 Å². The Bertz CT molecular complexity index is 1130. The van der Waals surface area contributed by atoms with Gasteiger partial charge in [0.25, 0.3) is 0 Å². The molecule has 0 atom stereocenters. The van der Waals surface area contributed by atoms with Gasteiger partial charge in [-0.3, -0.25) is 9.59 Å². The van der Waals surface area contributed by atoms with Gasteiger partial charge in [-0.05, 0) is 62.1 Å². The monoisotopic (exact) mass is 492 g/mol. The summed E-state index contributed by atoms with van der Waals surface area (Å²) in [4.78, 5) is 24.6. The SMILES string of the molecule is Cc1ccc(NCC(=O)NCC(=O)Nc2cccc(Cl)c2C)cc1S(=O)(=O)N1CCCCC1. The zero-order chi connectivity index (χ0) is 24.0. The summed E-state index contributed by atoms with van der Waals surface area (Å²) in [5.41, 5.74) is 2.51. The second kappa shape index (κ2) is 11.0. The molecule has 3 rings (SSSR count). The van der Waals surface area contributed by atoms with E-state index in [4.69, 9.17) is 11.6 Å². The van der Waals surface area contributed by atoms with Crippen molar-refractivity contribution in [2.75, 3.05) is 36.8 Å². The lowest BCUT2D eigenvalue weighted by molar-refractivity contribution is -0.122. The van der Waals surface area contributed by atoms with Crippen LogP contribution in [0.4, 0.5) is 11.4 Å². The van der Waals surface area contributed by atoms with Crippen LogP contribution in [0.2, 0.25) is 5.02 Å². The molecule has 8 nitrogen and oxygen atoms in total. The number of amides is 2. The molecule has 3 N–H and O–H groups in total. The number of anilines is 2. The quantitative estimate of drug-likeness (QED) is 0.524. The predicted octanol–water partition coefficient (Wildman–Crippen LogP) is 3.30. The molecule has 1 fully saturated rings. The fourth-order valence-electron chi connectivity index (χ4n) is 3.59. The van der Waals surface area contributed by atoms with Crippen molar-refractivity contribution in [2.24, 2.45) is 0 Å². The largest absolute Gasteiger partial charge is 0.376 e. The summed E-state index contributed by atoms with van der Waals surface area (Å²) >= 11 is 6.05. The van der Waals surface area contributed by atoms with Gasteiger partial charge >= 0.3 is 0 Å². The van der Waals surface area contributed by atoms with Gasteiger partial charge in [0.15, 0.2) is 0 Å². The van der Waals surface area contributed by atoms with Gasteiger partial charge in [-0.2, -0.15) is 4.31 Å². The van der Waals surface area contributed by atoms with Crippen LogP contribution in [0.25, 0.3) is 0 Å². The van der Waals surface area contributed by atoms with Crippen LogP contribution in [0, 0.1) is 13.8 Å². The molecule has 10 heteroatoms. The van der Waals surface area contributed by atoms with Crippen LogP contribution in [0.15, 0.2) is 41.3 Å². The zero-order valence-electron chi connectivity index (χ0n) is 18.8. The highest BCUT2D eigenvalue weighted by Gasteiger charge is 2.27. The van der Waals surface area contributed by atoms with Gasteiger partial charge in [0.2, 0.25) is 21.8 Å². The molecule has 0 saturated carbocycles. The number of benzene rings is 2. The first kappa shape index (κ1) is 25.0. The summed E-state index contributed by atoms with van der Waals surface area (Å²) in [5, 5.41) is 8.73. The Morgan fingerprint density at radius 2 is 1.73 bits per heavy atom. The Morgan fingerprint density at radius 3 is 2.45 bits per heavy atom. The Balaban J connectivity index is 1.54. The zero-order valence-corrected chi connectivity index (χ0v) is 20.4. The molecule has 2 amide bonds. The van der Waals surface area contributed by atoms with Crippen molar-refractivity contribution in [3.8, 4) is 0 Å². The third-order valence-corrected chi connectivity index (χ3v) is 8.01. The molecule has 2 aromatic rings. The van der Waals surface area contributed by atoms with Crippen LogP contribution in [0.1, 0.15) is 30.4 Å². The molecule has 0 aromatic heterocycles. The number of hydrogen-bond donors (Lipinski definition) is 3. The number of rotatable bonds is 8. The van der Waals surface area contributed by atoms with Crippen LogP contribution in [0.5, 0.6) is 0 Å². The summed E-state index contributed by atoms with van der Waals surface area (Å²) in [6.07, 6.45) is 2.76. The van der Waals surface area contributed by atoms with Gasteiger partial charge in [-0.15, -0.1) is 0 Å². The van der Waals surface area contributed by atoms with E-state index in [1.807, 2.05) is 0 Å². The Hall–Kier alpha value is -2.62. The first-order valence-corrected chi connectivity index (χ1v) is 12.7. The minimum absolute atomic E-state index is 0.101. The summed E-state index contributed by atoms with van der Waals surface area (Å²) in [6.45, 7) is 4.30.